The third-order valence-corrected chi connectivity index (χ3v) is 4.69. The summed E-state index contributed by atoms with van der Waals surface area (Å²) in [5.74, 6) is 0.344. The molecule has 0 aromatic carbocycles. The van der Waals surface area contributed by atoms with E-state index < -0.39 is 0 Å². The molecule has 0 saturated heterocycles. The molecular weight excluding hydrogens is 254 g/mol. The second-order valence-corrected chi connectivity index (χ2v) is 6.56. The summed E-state index contributed by atoms with van der Waals surface area (Å²) >= 11 is 7.36. The fourth-order valence-corrected chi connectivity index (χ4v) is 3.58. The van der Waals surface area contributed by atoms with Crippen molar-refractivity contribution in [3.8, 4) is 0 Å². The Balaban J connectivity index is 1.98. The Morgan fingerprint density at radius 3 is 2.82 bits per heavy atom. The molecule has 0 aliphatic heterocycles. The highest BCUT2D eigenvalue weighted by Crippen LogP contribution is 2.27. The van der Waals surface area contributed by atoms with Crippen LogP contribution in [0.25, 0.3) is 0 Å². The molecule has 2 N–H and O–H groups in total. The van der Waals surface area contributed by atoms with Crippen molar-refractivity contribution in [2.75, 3.05) is 0 Å². The van der Waals surface area contributed by atoms with E-state index in [1.165, 1.54) is 17.8 Å². The number of hydrogen-bond donors (Lipinski definition) is 1. The molecule has 1 aliphatic rings. The van der Waals surface area contributed by atoms with Gasteiger partial charge in [0, 0.05) is 23.3 Å². The smallest absolute Gasteiger partial charge is 0.142 e. The normalized spacial score (nSPS) is 25.5. The Bertz CT molecular complexity index is 391. The standard InChI is InChI=1S/C13H18ClNOS/c14-13-7-6-9(17-13)8-12(16)10-4-2-1-3-5-11(10)15/h6-7,10-11H,1-5,8,15H2. The molecule has 1 saturated carbocycles. The highest BCUT2D eigenvalue weighted by molar-refractivity contribution is 7.16. The predicted octanol–water partition coefficient (Wildman–Crippen LogP) is 3.42. The van der Waals surface area contributed by atoms with Crippen molar-refractivity contribution in [3.05, 3.63) is 21.3 Å². The number of hydrogen-bond acceptors (Lipinski definition) is 3. The van der Waals surface area contributed by atoms with Crippen LogP contribution in [-0.2, 0) is 11.2 Å². The van der Waals surface area contributed by atoms with Crippen LogP contribution in [0.3, 0.4) is 0 Å². The number of ketones is 1. The van der Waals surface area contributed by atoms with Gasteiger partial charge in [0.2, 0.25) is 0 Å². The summed E-state index contributed by atoms with van der Waals surface area (Å²) in [7, 11) is 0. The molecule has 0 amide bonds. The van der Waals surface area contributed by atoms with Gasteiger partial charge in [-0.25, -0.2) is 0 Å². The summed E-state index contributed by atoms with van der Waals surface area (Å²) in [5.41, 5.74) is 6.10. The summed E-state index contributed by atoms with van der Waals surface area (Å²) < 4.78 is 0.748. The molecule has 2 atom stereocenters. The Labute approximate surface area is 111 Å². The van der Waals surface area contributed by atoms with Crippen molar-refractivity contribution in [2.45, 2.75) is 44.6 Å². The van der Waals surface area contributed by atoms with Gasteiger partial charge in [0.1, 0.15) is 5.78 Å². The van der Waals surface area contributed by atoms with E-state index in [2.05, 4.69) is 0 Å². The van der Waals surface area contributed by atoms with Gasteiger partial charge < -0.3 is 5.73 Å². The number of carbonyl (C=O) groups is 1. The Hall–Kier alpha value is -0.380. The predicted molar refractivity (Wildman–Crippen MR) is 72.6 cm³/mol. The fourth-order valence-electron chi connectivity index (χ4n) is 2.49. The van der Waals surface area contributed by atoms with Gasteiger partial charge in [-0.2, -0.15) is 0 Å². The molecule has 2 nitrogen and oxygen atoms in total. The van der Waals surface area contributed by atoms with Crippen LogP contribution in [0.4, 0.5) is 0 Å². The second-order valence-electron chi connectivity index (χ2n) is 4.76. The minimum atomic E-state index is 0.0541. The maximum absolute atomic E-state index is 12.2. The minimum Gasteiger partial charge on any atom is -0.327 e. The van der Waals surface area contributed by atoms with Crippen LogP contribution in [0.2, 0.25) is 4.34 Å². The van der Waals surface area contributed by atoms with Crippen molar-refractivity contribution >= 4 is 28.7 Å². The molecule has 1 aliphatic carbocycles. The Kier molecular flexibility index (Phi) is 4.60. The maximum atomic E-state index is 12.2. The zero-order valence-corrected chi connectivity index (χ0v) is 11.4. The summed E-state index contributed by atoms with van der Waals surface area (Å²) in [6.07, 6.45) is 5.95. The van der Waals surface area contributed by atoms with Gasteiger partial charge in [0.05, 0.1) is 4.34 Å². The van der Waals surface area contributed by atoms with Crippen molar-refractivity contribution in [1.29, 1.82) is 0 Å². The number of carbonyl (C=O) groups excluding carboxylic acids is 1. The van der Waals surface area contributed by atoms with Crippen LogP contribution >= 0.6 is 22.9 Å². The number of nitrogens with two attached hydrogens (primary N) is 1. The van der Waals surface area contributed by atoms with Crippen LogP contribution in [0.15, 0.2) is 12.1 Å². The number of Topliss-reactive ketones (excluding diaryl/α,β-unsaturated/α-hetero) is 1. The van der Waals surface area contributed by atoms with Gasteiger partial charge in [-0.15, -0.1) is 11.3 Å². The third-order valence-electron chi connectivity index (χ3n) is 3.46. The molecule has 17 heavy (non-hydrogen) atoms. The highest BCUT2D eigenvalue weighted by Gasteiger charge is 2.26. The van der Waals surface area contributed by atoms with Gasteiger partial charge in [0.25, 0.3) is 0 Å². The zero-order chi connectivity index (χ0) is 12.3. The van der Waals surface area contributed by atoms with E-state index in [4.69, 9.17) is 17.3 Å². The molecule has 1 aromatic rings. The van der Waals surface area contributed by atoms with E-state index in [9.17, 15) is 4.79 Å². The number of rotatable bonds is 3. The van der Waals surface area contributed by atoms with Crippen LogP contribution in [0.5, 0.6) is 0 Å². The van der Waals surface area contributed by atoms with E-state index in [1.807, 2.05) is 12.1 Å². The molecule has 0 radical (unpaired) electrons. The van der Waals surface area contributed by atoms with Crippen LogP contribution in [-0.4, -0.2) is 11.8 Å². The lowest BCUT2D eigenvalue weighted by atomic mass is 9.89. The van der Waals surface area contributed by atoms with Gasteiger partial charge in [-0.05, 0) is 25.0 Å². The topological polar surface area (TPSA) is 43.1 Å². The monoisotopic (exact) mass is 271 g/mol. The molecule has 4 heteroatoms. The van der Waals surface area contributed by atoms with E-state index >= 15 is 0 Å². The molecule has 94 valence electrons. The van der Waals surface area contributed by atoms with Crippen LogP contribution < -0.4 is 5.73 Å². The molecule has 0 spiro atoms. The quantitative estimate of drug-likeness (QED) is 0.856. The second kappa shape index (κ2) is 5.98. The van der Waals surface area contributed by atoms with Gasteiger partial charge >= 0.3 is 0 Å². The summed E-state index contributed by atoms with van der Waals surface area (Å²) in [4.78, 5) is 13.3. The average molecular weight is 272 g/mol. The van der Waals surface area contributed by atoms with Crippen molar-refractivity contribution < 1.29 is 4.79 Å². The number of thiophene rings is 1. The fraction of sp³-hybridized carbons (Fsp3) is 0.615. The summed E-state index contributed by atoms with van der Waals surface area (Å²) in [6, 6.07) is 3.84. The molecule has 2 rings (SSSR count). The molecule has 1 fully saturated rings. The number of halogens is 1. The van der Waals surface area contributed by atoms with E-state index in [0.29, 0.717) is 6.42 Å². The Morgan fingerprint density at radius 2 is 2.12 bits per heavy atom. The van der Waals surface area contributed by atoms with Gasteiger partial charge in [-0.1, -0.05) is 30.9 Å². The first kappa shape index (κ1) is 13.1. The minimum absolute atomic E-state index is 0.0541. The lowest BCUT2D eigenvalue weighted by Crippen LogP contribution is -2.35. The van der Waals surface area contributed by atoms with Crippen LogP contribution in [0.1, 0.15) is 37.0 Å². The van der Waals surface area contributed by atoms with E-state index in [-0.39, 0.29) is 17.7 Å². The SMILES string of the molecule is NC1CCCCCC1C(=O)Cc1ccc(Cl)s1. The molecular formula is C13H18ClNOS. The molecule has 0 bridgehead atoms. The lowest BCUT2D eigenvalue weighted by molar-refractivity contribution is -0.122. The first-order valence-electron chi connectivity index (χ1n) is 6.19. The first-order chi connectivity index (χ1) is 8.16. The highest BCUT2D eigenvalue weighted by atomic mass is 35.5. The largest absolute Gasteiger partial charge is 0.327 e. The Morgan fingerprint density at radius 1 is 1.35 bits per heavy atom. The lowest BCUT2D eigenvalue weighted by Gasteiger charge is -2.19. The van der Waals surface area contributed by atoms with Crippen molar-refractivity contribution in [2.24, 2.45) is 11.7 Å². The van der Waals surface area contributed by atoms with Crippen molar-refractivity contribution in [3.63, 3.8) is 0 Å². The average Bonchev–Trinajstić information content (AvgIpc) is 2.57. The maximum Gasteiger partial charge on any atom is 0.142 e. The molecule has 2 unspecified atom stereocenters. The zero-order valence-electron chi connectivity index (χ0n) is 9.82. The van der Waals surface area contributed by atoms with E-state index in [0.717, 1.165) is 34.9 Å². The van der Waals surface area contributed by atoms with Crippen molar-refractivity contribution in [1.82, 2.24) is 0 Å². The molecule has 1 heterocycles. The van der Waals surface area contributed by atoms with Crippen LogP contribution in [0, 0.1) is 5.92 Å². The third kappa shape index (κ3) is 3.54. The van der Waals surface area contributed by atoms with Gasteiger partial charge in [0.15, 0.2) is 0 Å². The van der Waals surface area contributed by atoms with Gasteiger partial charge in [-0.3, -0.25) is 4.79 Å². The summed E-state index contributed by atoms with van der Waals surface area (Å²) in [5, 5.41) is 0. The van der Waals surface area contributed by atoms with E-state index in [1.54, 1.807) is 0 Å². The molecule has 1 aromatic heterocycles. The summed E-state index contributed by atoms with van der Waals surface area (Å²) in [6.45, 7) is 0. The first-order valence-corrected chi connectivity index (χ1v) is 7.39.